The highest BCUT2D eigenvalue weighted by atomic mass is 16.7. The predicted octanol–water partition coefficient (Wildman–Crippen LogP) is 16.6. The standard InChI is InChI=1S/C65H114O12/c1-4-7-10-13-16-19-22-24-26-28-29-31-32-34-37-39-42-45-48-51-57(66)73-54-56(75-58(67)52-49-46-43-40-36-21-18-15-12-9-6-3)55-74-65-63(61(70)60(69)62(77-65)64(71)72)76-59(68)53-50-47-44-41-38-35-33-30-27-25-23-20-17-14-11-8-5-2/h15-16,18-19,24,26,29,31,56,60-63,65,69-70H,4-14,17,20-23,25,27-28,30,32-55H2,1-3H3,(H,71,72)/b18-15-,19-16-,26-24-,31-29-. The lowest BCUT2D eigenvalue weighted by molar-refractivity contribution is -0.301. The number of allylic oxidation sites excluding steroid dienone is 8. The second-order valence-electron chi connectivity index (χ2n) is 21.7. The van der Waals surface area contributed by atoms with Crippen molar-refractivity contribution in [3.05, 3.63) is 48.6 Å². The molecule has 1 rings (SSSR count). The lowest BCUT2D eigenvalue weighted by Crippen LogP contribution is -2.61. The molecule has 1 heterocycles. The highest BCUT2D eigenvalue weighted by Gasteiger charge is 2.50. The van der Waals surface area contributed by atoms with Crippen LogP contribution < -0.4 is 0 Å². The van der Waals surface area contributed by atoms with Gasteiger partial charge in [-0.25, -0.2) is 4.79 Å². The molecule has 0 bridgehead atoms. The van der Waals surface area contributed by atoms with Crippen LogP contribution in [0.2, 0.25) is 0 Å². The van der Waals surface area contributed by atoms with Gasteiger partial charge in [0, 0.05) is 19.3 Å². The van der Waals surface area contributed by atoms with E-state index in [4.69, 9.17) is 23.7 Å². The van der Waals surface area contributed by atoms with E-state index in [0.717, 1.165) is 116 Å². The van der Waals surface area contributed by atoms with Crippen LogP contribution in [0.5, 0.6) is 0 Å². The van der Waals surface area contributed by atoms with E-state index in [2.05, 4.69) is 69.4 Å². The first-order valence-corrected chi connectivity index (χ1v) is 31.6. The van der Waals surface area contributed by atoms with Gasteiger partial charge in [0.15, 0.2) is 24.6 Å². The summed E-state index contributed by atoms with van der Waals surface area (Å²) in [5, 5.41) is 31.5. The first kappa shape index (κ1) is 71.7. The third kappa shape index (κ3) is 43.2. The van der Waals surface area contributed by atoms with Gasteiger partial charge in [-0.15, -0.1) is 0 Å². The van der Waals surface area contributed by atoms with Crippen LogP contribution in [0.15, 0.2) is 48.6 Å². The summed E-state index contributed by atoms with van der Waals surface area (Å²) in [7, 11) is 0. The number of rotatable bonds is 54. The van der Waals surface area contributed by atoms with Gasteiger partial charge in [0.25, 0.3) is 0 Å². The number of unbranched alkanes of at least 4 members (excludes halogenated alkanes) is 32. The summed E-state index contributed by atoms with van der Waals surface area (Å²) in [6.45, 7) is 5.94. The van der Waals surface area contributed by atoms with Crippen LogP contribution in [0, 0.1) is 0 Å². The van der Waals surface area contributed by atoms with Crippen molar-refractivity contribution in [3.63, 3.8) is 0 Å². The summed E-state index contributed by atoms with van der Waals surface area (Å²) in [6.07, 6.45) is 52.2. The quantitative estimate of drug-likeness (QED) is 0.0228. The molecule has 1 aliphatic heterocycles. The van der Waals surface area contributed by atoms with Crippen molar-refractivity contribution in [1.29, 1.82) is 0 Å². The third-order valence-electron chi connectivity index (χ3n) is 14.4. The Hall–Kier alpha value is -3.32. The van der Waals surface area contributed by atoms with Gasteiger partial charge in [-0.3, -0.25) is 14.4 Å². The minimum Gasteiger partial charge on any atom is -0.479 e. The number of esters is 3. The predicted molar refractivity (Wildman–Crippen MR) is 312 cm³/mol. The fourth-order valence-corrected chi connectivity index (χ4v) is 9.47. The Morgan fingerprint density at radius 1 is 0.429 bits per heavy atom. The van der Waals surface area contributed by atoms with Crippen molar-refractivity contribution in [2.24, 2.45) is 0 Å². The van der Waals surface area contributed by atoms with Gasteiger partial charge in [-0.05, 0) is 77.0 Å². The van der Waals surface area contributed by atoms with Crippen LogP contribution in [0.3, 0.4) is 0 Å². The fourth-order valence-electron chi connectivity index (χ4n) is 9.47. The van der Waals surface area contributed by atoms with Crippen molar-refractivity contribution in [1.82, 2.24) is 0 Å². The van der Waals surface area contributed by atoms with Crippen molar-refractivity contribution >= 4 is 23.9 Å². The lowest BCUT2D eigenvalue weighted by atomic mass is 9.98. The highest BCUT2D eigenvalue weighted by molar-refractivity contribution is 5.74. The minimum atomic E-state index is -1.90. The van der Waals surface area contributed by atoms with Gasteiger partial charge >= 0.3 is 23.9 Å². The molecule has 0 spiro atoms. The van der Waals surface area contributed by atoms with Crippen molar-refractivity contribution in [2.75, 3.05) is 13.2 Å². The molecule has 1 saturated heterocycles. The molecule has 0 aromatic heterocycles. The Morgan fingerprint density at radius 2 is 0.792 bits per heavy atom. The largest absolute Gasteiger partial charge is 0.479 e. The molecule has 0 radical (unpaired) electrons. The smallest absolute Gasteiger partial charge is 0.335 e. The Balaban J connectivity index is 2.63. The summed E-state index contributed by atoms with van der Waals surface area (Å²) in [5.41, 5.74) is 0. The third-order valence-corrected chi connectivity index (χ3v) is 14.4. The molecular weight excluding hydrogens is 973 g/mol. The molecule has 1 aliphatic rings. The number of carboxylic acid groups (broad SMARTS) is 1. The molecule has 446 valence electrons. The number of hydrogen-bond donors (Lipinski definition) is 3. The van der Waals surface area contributed by atoms with Crippen molar-refractivity contribution < 1.29 is 58.2 Å². The number of aliphatic hydroxyl groups excluding tert-OH is 2. The molecular formula is C65H114O12. The molecule has 6 atom stereocenters. The molecule has 6 unspecified atom stereocenters. The van der Waals surface area contributed by atoms with Crippen LogP contribution in [-0.4, -0.2) is 89.2 Å². The maximum absolute atomic E-state index is 13.1. The van der Waals surface area contributed by atoms with E-state index in [0.29, 0.717) is 19.3 Å². The van der Waals surface area contributed by atoms with Gasteiger partial charge < -0.3 is 39.0 Å². The van der Waals surface area contributed by atoms with Gasteiger partial charge in [0.1, 0.15) is 18.8 Å². The molecule has 1 fully saturated rings. The number of aliphatic carboxylic acids is 1. The zero-order valence-corrected chi connectivity index (χ0v) is 49.2. The molecule has 0 aromatic carbocycles. The highest BCUT2D eigenvalue weighted by Crippen LogP contribution is 2.27. The van der Waals surface area contributed by atoms with Crippen molar-refractivity contribution in [3.8, 4) is 0 Å². The number of hydrogen-bond acceptors (Lipinski definition) is 11. The van der Waals surface area contributed by atoms with Crippen LogP contribution in [-0.2, 0) is 42.9 Å². The van der Waals surface area contributed by atoms with Crippen LogP contribution >= 0.6 is 0 Å². The van der Waals surface area contributed by atoms with E-state index in [1.165, 1.54) is 116 Å². The molecule has 0 amide bonds. The summed E-state index contributed by atoms with van der Waals surface area (Å²) in [5.74, 6) is -3.13. The van der Waals surface area contributed by atoms with Crippen molar-refractivity contribution in [2.45, 2.75) is 327 Å². The van der Waals surface area contributed by atoms with Gasteiger partial charge in [-0.2, -0.15) is 0 Å². The molecule has 0 saturated carbocycles. The normalized spacial score (nSPS) is 18.3. The topological polar surface area (TPSA) is 175 Å². The van der Waals surface area contributed by atoms with Gasteiger partial charge in [0.05, 0.1) is 6.61 Å². The molecule has 12 nitrogen and oxygen atoms in total. The second-order valence-corrected chi connectivity index (χ2v) is 21.7. The monoisotopic (exact) mass is 1090 g/mol. The molecule has 12 heteroatoms. The number of carboxylic acids is 1. The summed E-state index contributed by atoms with van der Waals surface area (Å²) >= 11 is 0. The summed E-state index contributed by atoms with van der Waals surface area (Å²) < 4.78 is 28.5. The van der Waals surface area contributed by atoms with E-state index in [1.54, 1.807) is 0 Å². The zero-order valence-electron chi connectivity index (χ0n) is 49.2. The Labute approximate surface area is 469 Å². The Bertz CT molecular complexity index is 1520. The van der Waals surface area contributed by atoms with E-state index < -0.39 is 67.3 Å². The van der Waals surface area contributed by atoms with Crippen LogP contribution in [0.1, 0.15) is 290 Å². The maximum Gasteiger partial charge on any atom is 0.335 e. The van der Waals surface area contributed by atoms with E-state index in [9.17, 15) is 34.5 Å². The van der Waals surface area contributed by atoms with Crippen LogP contribution in [0.25, 0.3) is 0 Å². The lowest BCUT2D eigenvalue weighted by Gasteiger charge is -2.40. The Morgan fingerprint density at radius 3 is 1.26 bits per heavy atom. The summed E-state index contributed by atoms with van der Waals surface area (Å²) in [6, 6.07) is 0. The fraction of sp³-hybridized carbons (Fsp3) is 0.815. The number of ether oxygens (including phenoxy) is 5. The average molecular weight is 1090 g/mol. The van der Waals surface area contributed by atoms with Crippen LogP contribution in [0.4, 0.5) is 0 Å². The summed E-state index contributed by atoms with van der Waals surface area (Å²) in [4.78, 5) is 51.2. The number of carbonyl (C=O) groups excluding carboxylic acids is 3. The second kappa shape index (κ2) is 53.3. The average Bonchev–Trinajstić information content (AvgIpc) is 3.42. The molecule has 3 N–H and O–H groups in total. The maximum atomic E-state index is 13.1. The Kier molecular flexibility index (Phi) is 49.7. The molecule has 77 heavy (non-hydrogen) atoms. The van der Waals surface area contributed by atoms with Gasteiger partial charge in [0.2, 0.25) is 0 Å². The molecule has 0 aromatic rings. The SMILES string of the molecule is CCCC/C=C\CCCCCCCC(=O)OC(COC(=O)CCCCCCCC/C=C\C/C=C\C/C=C\CCCCC)COC1OC(C(=O)O)C(O)C(O)C1OC(=O)CCCCCCCCCCCCCCCCCCC. The van der Waals surface area contributed by atoms with E-state index in [1.807, 2.05) is 0 Å². The van der Waals surface area contributed by atoms with Gasteiger partial charge in [-0.1, -0.05) is 243 Å². The van der Waals surface area contributed by atoms with E-state index in [-0.39, 0.29) is 25.9 Å². The van der Waals surface area contributed by atoms with E-state index >= 15 is 0 Å². The molecule has 0 aliphatic carbocycles. The number of aliphatic hydroxyl groups is 2. The minimum absolute atomic E-state index is 0.0626. The number of carbonyl (C=O) groups is 4. The first-order valence-electron chi connectivity index (χ1n) is 31.6. The first-order chi connectivity index (χ1) is 37.6. The zero-order chi connectivity index (χ0) is 56.1.